The van der Waals surface area contributed by atoms with Gasteiger partial charge in [-0.05, 0) is 55.8 Å². The molecule has 7 heteroatoms. The summed E-state index contributed by atoms with van der Waals surface area (Å²) >= 11 is 0. The number of hydrogen-bond acceptors (Lipinski definition) is 5. The van der Waals surface area contributed by atoms with Crippen molar-refractivity contribution in [3.05, 3.63) is 54.0 Å². The first-order valence-electron chi connectivity index (χ1n) is 11.4. The van der Waals surface area contributed by atoms with E-state index in [2.05, 4.69) is 27.2 Å². The lowest BCUT2D eigenvalue weighted by Gasteiger charge is -2.36. The van der Waals surface area contributed by atoms with Gasteiger partial charge in [-0.2, -0.15) is 0 Å². The van der Waals surface area contributed by atoms with E-state index < -0.39 is 0 Å². The Labute approximate surface area is 184 Å². The van der Waals surface area contributed by atoms with E-state index in [1.807, 2.05) is 29.2 Å². The Balaban J connectivity index is 1.25. The molecule has 1 aromatic carbocycles. The summed E-state index contributed by atoms with van der Waals surface area (Å²) in [5.41, 5.74) is 1.27. The summed E-state index contributed by atoms with van der Waals surface area (Å²) in [6.07, 6.45) is 5.42. The summed E-state index contributed by atoms with van der Waals surface area (Å²) in [4.78, 5) is 19.6. The molecule has 7 nitrogen and oxygen atoms in total. The second-order valence-corrected chi connectivity index (χ2v) is 8.43. The molecule has 0 aliphatic carbocycles. The van der Waals surface area contributed by atoms with Crippen molar-refractivity contribution in [3.8, 4) is 5.75 Å². The summed E-state index contributed by atoms with van der Waals surface area (Å²) in [5, 5.41) is 3.17. The van der Waals surface area contributed by atoms with Crippen molar-refractivity contribution >= 4 is 6.03 Å². The predicted molar refractivity (Wildman–Crippen MR) is 120 cm³/mol. The predicted octanol–water partition coefficient (Wildman–Crippen LogP) is 3.34. The largest absolute Gasteiger partial charge is 0.497 e. The lowest BCUT2D eigenvalue weighted by atomic mass is 10.1. The maximum atomic E-state index is 12.8. The van der Waals surface area contributed by atoms with Crippen LogP contribution >= 0.6 is 0 Å². The molecule has 3 heterocycles. The Bertz CT molecular complexity index is 795. The van der Waals surface area contributed by atoms with E-state index in [9.17, 15) is 4.79 Å². The second kappa shape index (κ2) is 10.7. The van der Waals surface area contributed by atoms with Crippen molar-refractivity contribution in [1.29, 1.82) is 0 Å². The van der Waals surface area contributed by atoms with Crippen LogP contribution < -0.4 is 10.1 Å². The second-order valence-electron chi connectivity index (χ2n) is 8.43. The maximum Gasteiger partial charge on any atom is 0.317 e. The molecule has 0 radical (unpaired) electrons. The number of carbonyl (C=O) groups is 1. The number of methoxy groups -OCH3 is 1. The highest BCUT2D eigenvalue weighted by Gasteiger charge is 2.27. The highest BCUT2D eigenvalue weighted by atomic mass is 16.5. The van der Waals surface area contributed by atoms with Gasteiger partial charge in [0.25, 0.3) is 0 Å². The van der Waals surface area contributed by atoms with Gasteiger partial charge >= 0.3 is 6.03 Å². The Kier molecular flexibility index (Phi) is 7.48. The van der Waals surface area contributed by atoms with Gasteiger partial charge < -0.3 is 19.4 Å². The van der Waals surface area contributed by atoms with Crippen LogP contribution in [0.5, 0.6) is 5.75 Å². The Morgan fingerprint density at radius 2 is 1.77 bits per heavy atom. The lowest BCUT2D eigenvalue weighted by molar-refractivity contribution is 0.123. The molecule has 1 aromatic heterocycles. The van der Waals surface area contributed by atoms with Gasteiger partial charge in [0.15, 0.2) is 0 Å². The van der Waals surface area contributed by atoms with Crippen LogP contribution in [0, 0.1) is 0 Å². The Morgan fingerprint density at radius 3 is 2.42 bits per heavy atom. The molecule has 2 saturated heterocycles. The van der Waals surface area contributed by atoms with Crippen LogP contribution in [-0.2, 0) is 6.54 Å². The third kappa shape index (κ3) is 5.80. The van der Waals surface area contributed by atoms with E-state index >= 15 is 0 Å². The van der Waals surface area contributed by atoms with Crippen molar-refractivity contribution in [3.63, 3.8) is 0 Å². The lowest BCUT2D eigenvalue weighted by Crippen LogP contribution is -2.52. The van der Waals surface area contributed by atoms with Gasteiger partial charge in [-0.1, -0.05) is 18.6 Å². The van der Waals surface area contributed by atoms with Gasteiger partial charge in [-0.3, -0.25) is 9.80 Å². The fraction of sp³-hybridized carbons (Fsp3) is 0.542. The molecule has 0 unspecified atom stereocenters. The van der Waals surface area contributed by atoms with Gasteiger partial charge in [0.1, 0.15) is 11.5 Å². The van der Waals surface area contributed by atoms with E-state index in [1.54, 1.807) is 13.4 Å². The number of benzene rings is 1. The summed E-state index contributed by atoms with van der Waals surface area (Å²) in [7, 11) is 1.68. The maximum absolute atomic E-state index is 12.8. The number of nitrogens with one attached hydrogen (secondary N) is 1. The molecule has 0 bridgehead atoms. The van der Waals surface area contributed by atoms with Gasteiger partial charge in [0.05, 0.1) is 19.4 Å². The molecule has 168 valence electrons. The van der Waals surface area contributed by atoms with E-state index in [1.165, 1.54) is 24.8 Å². The number of piperazine rings is 1. The normalized spacial score (nSPS) is 19.2. The van der Waals surface area contributed by atoms with E-state index in [-0.39, 0.29) is 12.1 Å². The van der Waals surface area contributed by atoms with E-state index in [0.29, 0.717) is 6.54 Å². The topological polar surface area (TPSA) is 61.2 Å². The standard InChI is InChI=1S/C24H34N4O3/c1-30-21-9-7-20(8-10-21)19-26-13-15-28(16-14-26)24(29)25-18-22(23-6-5-17-31-23)27-11-3-2-4-12-27/h5-10,17,22H,2-4,11-16,18-19H2,1H3,(H,25,29)/t22-/m1/s1. The fourth-order valence-electron chi connectivity index (χ4n) is 4.51. The van der Waals surface area contributed by atoms with Gasteiger partial charge in [-0.25, -0.2) is 4.79 Å². The van der Waals surface area contributed by atoms with Crippen molar-refractivity contribution in [2.45, 2.75) is 31.8 Å². The first-order chi connectivity index (χ1) is 15.2. The summed E-state index contributed by atoms with van der Waals surface area (Å²) in [6, 6.07) is 12.3. The highest BCUT2D eigenvalue weighted by Crippen LogP contribution is 2.24. The van der Waals surface area contributed by atoms with Gasteiger partial charge in [0, 0.05) is 39.3 Å². The quantitative estimate of drug-likeness (QED) is 0.736. The van der Waals surface area contributed by atoms with Crippen molar-refractivity contribution < 1.29 is 13.9 Å². The highest BCUT2D eigenvalue weighted by molar-refractivity contribution is 5.74. The number of rotatable bonds is 7. The number of piperidine rings is 1. The van der Waals surface area contributed by atoms with E-state index in [0.717, 1.165) is 57.3 Å². The average Bonchev–Trinajstić information content (AvgIpc) is 3.35. The van der Waals surface area contributed by atoms with Crippen LogP contribution in [-0.4, -0.2) is 73.7 Å². The van der Waals surface area contributed by atoms with Crippen LogP contribution in [0.1, 0.15) is 36.6 Å². The van der Waals surface area contributed by atoms with Crippen molar-refractivity contribution in [2.75, 3.05) is 52.9 Å². The third-order valence-corrected chi connectivity index (χ3v) is 6.37. The first kappa shape index (κ1) is 21.7. The zero-order valence-corrected chi connectivity index (χ0v) is 18.5. The number of nitrogens with zero attached hydrogens (tertiary/aromatic N) is 3. The molecule has 1 atom stereocenters. The molecule has 2 aliphatic heterocycles. The minimum atomic E-state index is 0.0256. The van der Waals surface area contributed by atoms with E-state index in [4.69, 9.17) is 9.15 Å². The van der Waals surface area contributed by atoms with Crippen LogP contribution in [0.2, 0.25) is 0 Å². The first-order valence-corrected chi connectivity index (χ1v) is 11.4. The third-order valence-electron chi connectivity index (χ3n) is 6.37. The monoisotopic (exact) mass is 426 g/mol. The number of ether oxygens (including phenoxy) is 1. The number of hydrogen-bond donors (Lipinski definition) is 1. The summed E-state index contributed by atoms with van der Waals surface area (Å²) in [6.45, 7) is 6.86. The van der Waals surface area contributed by atoms with Crippen molar-refractivity contribution in [1.82, 2.24) is 20.0 Å². The van der Waals surface area contributed by atoms with Gasteiger partial charge in [-0.15, -0.1) is 0 Å². The summed E-state index contributed by atoms with van der Waals surface area (Å²) < 4.78 is 10.9. The molecular formula is C24H34N4O3. The van der Waals surface area contributed by atoms with Crippen LogP contribution in [0.4, 0.5) is 4.79 Å². The number of likely N-dealkylation sites (tertiary alicyclic amines) is 1. The molecule has 2 amide bonds. The molecule has 2 aliphatic rings. The molecule has 1 N–H and O–H groups in total. The number of carbonyl (C=O) groups excluding carboxylic acids is 1. The summed E-state index contributed by atoms with van der Waals surface area (Å²) in [5.74, 6) is 1.81. The van der Waals surface area contributed by atoms with Crippen LogP contribution in [0.15, 0.2) is 47.1 Å². The number of amides is 2. The average molecular weight is 427 g/mol. The molecule has 31 heavy (non-hydrogen) atoms. The van der Waals surface area contributed by atoms with Crippen LogP contribution in [0.25, 0.3) is 0 Å². The van der Waals surface area contributed by atoms with Gasteiger partial charge in [0.2, 0.25) is 0 Å². The number of urea groups is 1. The molecular weight excluding hydrogens is 392 g/mol. The smallest absolute Gasteiger partial charge is 0.317 e. The Hall–Kier alpha value is -2.51. The molecule has 0 saturated carbocycles. The molecule has 0 spiro atoms. The minimum Gasteiger partial charge on any atom is -0.497 e. The fourth-order valence-corrected chi connectivity index (χ4v) is 4.51. The van der Waals surface area contributed by atoms with Crippen LogP contribution in [0.3, 0.4) is 0 Å². The number of furan rings is 1. The Morgan fingerprint density at radius 1 is 1.03 bits per heavy atom. The zero-order chi connectivity index (χ0) is 21.5. The molecule has 2 aromatic rings. The molecule has 4 rings (SSSR count). The minimum absolute atomic E-state index is 0.0256. The van der Waals surface area contributed by atoms with Crippen molar-refractivity contribution in [2.24, 2.45) is 0 Å². The molecule has 2 fully saturated rings. The SMILES string of the molecule is COc1ccc(CN2CCN(C(=O)NC[C@H](c3ccco3)N3CCCCC3)CC2)cc1. The zero-order valence-electron chi connectivity index (χ0n) is 18.5.